The van der Waals surface area contributed by atoms with Crippen LogP contribution >= 0.6 is 0 Å². The molecule has 1 aromatic carbocycles. The molecular formula is C13H20N2O2. The van der Waals surface area contributed by atoms with Gasteiger partial charge in [-0.25, -0.2) is 0 Å². The number of ether oxygens (including phenoxy) is 1. The van der Waals surface area contributed by atoms with E-state index in [0.717, 1.165) is 0 Å². The fraction of sp³-hybridized carbons (Fsp3) is 0.462. The molecule has 0 radical (unpaired) electrons. The molecule has 0 fully saturated rings. The van der Waals surface area contributed by atoms with Crippen LogP contribution in [0.25, 0.3) is 0 Å². The zero-order valence-corrected chi connectivity index (χ0v) is 10.6. The number of carbonyl (C=O) groups excluding carboxylic acids is 1. The fourth-order valence-corrected chi connectivity index (χ4v) is 1.38. The predicted octanol–water partition coefficient (Wildman–Crippen LogP) is 1.42. The van der Waals surface area contributed by atoms with Crippen molar-refractivity contribution < 1.29 is 9.53 Å². The van der Waals surface area contributed by atoms with Gasteiger partial charge >= 0.3 is 0 Å². The summed E-state index contributed by atoms with van der Waals surface area (Å²) >= 11 is 0. The summed E-state index contributed by atoms with van der Waals surface area (Å²) < 4.78 is 5.41. The molecule has 4 nitrogen and oxygen atoms in total. The van der Waals surface area contributed by atoms with Gasteiger partial charge in [-0.15, -0.1) is 0 Å². The maximum absolute atomic E-state index is 11.9. The minimum absolute atomic E-state index is 0.101. The molecule has 0 aliphatic heterocycles. The Balaban J connectivity index is 2.67. The maximum atomic E-state index is 11.9. The van der Waals surface area contributed by atoms with Crippen molar-refractivity contribution >= 4 is 5.91 Å². The molecule has 1 atom stereocenters. The zero-order valence-electron chi connectivity index (χ0n) is 10.6. The first-order valence-corrected chi connectivity index (χ1v) is 5.86. The molecule has 0 spiro atoms. The van der Waals surface area contributed by atoms with Gasteiger partial charge in [-0.1, -0.05) is 12.1 Å². The van der Waals surface area contributed by atoms with E-state index in [0.29, 0.717) is 24.5 Å². The van der Waals surface area contributed by atoms with Crippen LogP contribution in [0.1, 0.15) is 24.2 Å². The summed E-state index contributed by atoms with van der Waals surface area (Å²) in [4.78, 5) is 11.9. The van der Waals surface area contributed by atoms with E-state index in [2.05, 4.69) is 10.6 Å². The Kier molecular flexibility index (Phi) is 5.49. The third kappa shape index (κ3) is 4.07. The van der Waals surface area contributed by atoms with Crippen molar-refractivity contribution in [2.75, 3.05) is 20.2 Å². The molecule has 1 aromatic rings. The number of likely N-dealkylation sites (N-methyl/N-ethyl adjacent to an activating group) is 1. The summed E-state index contributed by atoms with van der Waals surface area (Å²) in [6.07, 6.45) is 0. The molecular weight excluding hydrogens is 216 g/mol. The van der Waals surface area contributed by atoms with Gasteiger partial charge in [0.1, 0.15) is 5.75 Å². The second-order valence-corrected chi connectivity index (χ2v) is 3.83. The number of benzene rings is 1. The first-order chi connectivity index (χ1) is 8.19. The molecule has 17 heavy (non-hydrogen) atoms. The Morgan fingerprint density at radius 1 is 1.41 bits per heavy atom. The van der Waals surface area contributed by atoms with Crippen molar-refractivity contribution in [1.29, 1.82) is 0 Å². The van der Waals surface area contributed by atoms with E-state index in [-0.39, 0.29) is 11.9 Å². The quantitative estimate of drug-likeness (QED) is 0.785. The Morgan fingerprint density at radius 2 is 2.12 bits per heavy atom. The minimum Gasteiger partial charge on any atom is -0.493 e. The van der Waals surface area contributed by atoms with E-state index in [9.17, 15) is 4.79 Å². The molecule has 1 rings (SSSR count). The summed E-state index contributed by atoms with van der Waals surface area (Å²) in [6.45, 7) is 5.06. The van der Waals surface area contributed by atoms with Gasteiger partial charge in [0.2, 0.25) is 0 Å². The topological polar surface area (TPSA) is 50.4 Å². The van der Waals surface area contributed by atoms with E-state index >= 15 is 0 Å². The highest BCUT2D eigenvalue weighted by molar-refractivity contribution is 5.96. The van der Waals surface area contributed by atoms with Crippen molar-refractivity contribution in [3.8, 4) is 5.75 Å². The number of rotatable bonds is 6. The van der Waals surface area contributed by atoms with Crippen molar-refractivity contribution in [2.24, 2.45) is 0 Å². The van der Waals surface area contributed by atoms with Gasteiger partial charge in [-0.2, -0.15) is 0 Å². The molecule has 4 heteroatoms. The number of hydrogen-bond acceptors (Lipinski definition) is 3. The predicted molar refractivity (Wildman–Crippen MR) is 68.5 cm³/mol. The Labute approximate surface area is 102 Å². The summed E-state index contributed by atoms with van der Waals surface area (Å²) in [5.41, 5.74) is 0.581. The van der Waals surface area contributed by atoms with Crippen LogP contribution in [-0.2, 0) is 0 Å². The first-order valence-electron chi connectivity index (χ1n) is 5.86. The Morgan fingerprint density at radius 3 is 2.76 bits per heavy atom. The van der Waals surface area contributed by atoms with Gasteiger partial charge < -0.3 is 15.4 Å². The molecule has 0 heterocycles. The first kappa shape index (κ1) is 13.5. The third-order valence-corrected chi connectivity index (χ3v) is 2.49. The molecule has 1 unspecified atom stereocenters. The lowest BCUT2D eigenvalue weighted by atomic mass is 10.2. The molecule has 0 saturated heterocycles. The van der Waals surface area contributed by atoms with Gasteiger partial charge in [0, 0.05) is 12.6 Å². The molecule has 0 aromatic heterocycles. The lowest BCUT2D eigenvalue weighted by Crippen LogP contribution is -2.37. The van der Waals surface area contributed by atoms with Crippen LogP contribution in [0.2, 0.25) is 0 Å². The van der Waals surface area contributed by atoms with Crippen molar-refractivity contribution in [1.82, 2.24) is 10.6 Å². The highest BCUT2D eigenvalue weighted by atomic mass is 16.5. The van der Waals surface area contributed by atoms with Crippen molar-refractivity contribution in [3.05, 3.63) is 29.8 Å². The van der Waals surface area contributed by atoms with E-state index in [1.165, 1.54) is 0 Å². The smallest absolute Gasteiger partial charge is 0.255 e. The average Bonchev–Trinajstić information content (AvgIpc) is 2.36. The molecule has 0 saturated carbocycles. The molecule has 0 bridgehead atoms. The standard InChI is InChI=1S/C13H20N2O2/c1-4-17-12-8-6-5-7-11(12)13(16)15-9-10(2)14-3/h5-8,10,14H,4,9H2,1-3H3,(H,15,16). The van der Waals surface area contributed by atoms with Crippen LogP contribution in [0, 0.1) is 0 Å². The monoisotopic (exact) mass is 236 g/mol. The van der Waals surface area contributed by atoms with E-state index < -0.39 is 0 Å². The molecule has 2 N–H and O–H groups in total. The van der Waals surface area contributed by atoms with Gasteiger partial charge in [-0.05, 0) is 33.0 Å². The van der Waals surface area contributed by atoms with Gasteiger partial charge in [0.15, 0.2) is 0 Å². The number of para-hydroxylation sites is 1. The van der Waals surface area contributed by atoms with E-state index in [1.807, 2.05) is 33.0 Å². The summed E-state index contributed by atoms with van der Waals surface area (Å²) in [6, 6.07) is 7.51. The summed E-state index contributed by atoms with van der Waals surface area (Å²) in [7, 11) is 1.87. The van der Waals surface area contributed by atoms with Crippen molar-refractivity contribution in [3.63, 3.8) is 0 Å². The van der Waals surface area contributed by atoms with Crippen LogP contribution in [0.5, 0.6) is 5.75 Å². The molecule has 94 valence electrons. The number of amides is 1. The second-order valence-electron chi connectivity index (χ2n) is 3.83. The maximum Gasteiger partial charge on any atom is 0.255 e. The van der Waals surface area contributed by atoms with Gasteiger partial charge in [-0.3, -0.25) is 4.79 Å². The Hall–Kier alpha value is -1.55. The van der Waals surface area contributed by atoms with Crippen LogP contribution in [-0.4, -0.2) is 32.1 Å². The largest absolute Gasteiger partial charge is 0.493 e. The summed E-state index contributed by atoms with van der Waals surface area (Å²) in [5.74, 6) is 0.528. The normalized spacial score (nSPS) is 11.9. The van der Waals surface area contributed by atoms with Crippen LogP contribution < -0.4 is 15.4 Å². The fourth-order valence-electron chi connectivity index (χ4n) is 1.38. The van der Waals surface area contributed by atoms with E-state index in [4.69, 9.17) is 4.74 Å². The molecule has 1 amide bonds. The second kappa shape index (κ2) is 6.91. The van der Waals surface area contributed by atoms with Crippen LogP contribution in [0.4, 0.5) is 0 Å². The summed E-state index contributed by atoms with van der Waals surface area (Å²) in [5, 5.41) is 5.93. The number of carbonyl (C=O) groups is 1. The highest BCUT2D eigenvalue weighted by Crippen LogP contribution is 2.17. The lowest BCUT2D eigenvalue weighted by Gasteiger charge is -2.13. The highest BCUT2D eigenvalue weighted by Gasteiger charge is 2.11. The zero-order chi connectivity index (χ0) is 12.7. The molecule has 0 aliphatic carbocycles. The lowest BCUT2D eigenvalue weighted by molar-refractivity contribution is 0.0947. The van der Waals surface area contributed by atoms with E-state index in [1.54, 1.807) is 12.1 Å². The molecule has 0 aliphatic rings. The minimum atomic E-state index is -0.101. The van der Waals surface area contributed by atoms with Crippen molar-refractivity contribution in [2.45, 2.75) is 19.9 Å². The Bertz CT molecular complexity index is 366. The van der Waals surface area contributed by atoms with Crippen LogP contribution in [0.3, 0.4) is 0 Å². The number of hydrogen-bond donors (Lipinski definition) is 2. The third-order valence-electron chi connectivity index (χ3n) is 2.49. The van der Waals surface area contributed by atoms with Gasteiger partial charge in [0.25, 0.3) is 5.91 Å². The van der Waals surface area contributed by atoms with Crippen LogP contribution in [0.15, 0.2) is 24.3 Å². The number of nitrogens with one attached hydrogen (secondary N) is 2. The average molecular weight is 236 g/mol. The van der Waals surface area contributed by atoms with Gasteiger partial charge in [0.05, 0.1) is 12.2 Å². The SMILES string of the molecule is CCOc1ccccc1C(=O)NCC(C)NC.